The van der Waals surface area contributed by atoms with E-state index in [1.807, 2.05) is 0 Å². The first-order chi connectivity index (χ1) is 29.9. The summed E-state index contributed by atoms with van der Waals surface area (Å²) in [5, 5.41) is 0. The summed E-state index contributed by atoms with van der Waals surface area (Å²) in [5.41, 5.74) is -4.42. The van der Waals surface area contributed by atoms with Crippen molar-refractivity contribution in [1.29, 1.82) is 0 Å². The highest BCUT2D eigenvalue weighted by Crippen LogP contribution is 2.67. The van der Waals surface area contributed by atoms with Crippen LogP contribution < -0.4 is 0 Å². The molecule has 0 spiro atoms. The lowest BCUT2D eigenvalue weighted by atomic mass is 9.80. The molecule has 0 radical (unpaired) electrons. The number of ether oxygens (including phenoxy) is 3. The van der Waals surface area contributed by atoms with Crippen LogP contribution in [-0.4, -0.2) is 121 Å². The predicted octanol–water partition coefficient (Wildman–Crippen LogP) is 14.8. The molecule has 0 saturated carbocycles. The molecule has 38 heteroatoms. The largest absolute Gasteiger partial charge is 0.460 e. The topological polar surface area (TPSA) is 27.7 Å². The van der Waals surface area contributed by atoms with E-state index >= 15 is 17.6 Å². The van der Waals surface area contributed by atoms with Crippen molar-refractivity contribution in [2.24, 2.45) is 0 Å². The van der Waals surface area contributed by atoms with Crippen molar-refractivity contribution in [1.82, 2.24) is 0 Å². The van der Waals surface area contributed by atoms with Gasteiger partial charge < -0.3 is 14.2 Å². The Bertz CT molecular complexity index is 1840. The first-order valence-corrected chi connectivity index (χ1v) is 17.7. The van der Waals surface area contributed by atoms with Gasteiger partial charge in [0, 0.05) is 30.0 Å². The third-order valence-corrected chi connectivity index (χ3v) is 10.6. The number of halogens is 35. The molecule has 2 rings (SSSR count). The van der Waals surface area contributed by atoms with Gasteiger partial charge >= 0.3 is 95.3 Å². The van der Waals surface area contributed by atoms with Gasteiger partial charge in [-0.05, 0) is 25.0 Å². The lowest BCUT2D eigenvalue weighted by Gasteiger charge is -2.44. The number of alkyl halides is 34. The van der Waals surface area contributed by atoms with E-state index in [1.165, 1.54) is 0 Å². The zero-order chi connectivity index (χ0) is 55.3. The average Bonchev–Trinajstić information content (AvgIpc) is 3.67. The van der Waals surface area contributed by atoms with Gasteiger partial charge in [-0.15, -0.1) is 0 Å². The summed E-state index contributed by atoms with van der Waals surface area (Å²) in [6.07, 6.45) is -34.4. The van der Waals surface area contributed by atoms with E-state index < -0.39 is 146 Å². The van der Waals surface area contributed by atoms with Gasteiger partial charge in [0.25, 0.3) is 0 Å². The number of benzene rings is 1. The number of rotatable bonds is 21. The monoisotopic (exact) mass is 1160 g/mol. The Morgan fingerprint density at radius 2 is 0.667 bits per heavy atom. The maximum atomic E-state index is 15.0. The fourth-order valence-electron chi connectivity index (χ4n) is 5.70. The van der Waals surface area contributed by atoms with Crippen LogP contribution in [0.4, 0.5) is 149 Å². The van der Waals surface area contributed by atoms with Crippen LogP contribution in [-0.2, 0) is 14.2 Å². The normalized spacial score (nSPS) is 19.4. The van der Waals surface area contributed by atoms with Gasteiger partial charge in [0.15, 0.2) is 6.29 Å². The van der Waals surface area contributed by atoms with Gasteiger partial charge in [-0.25, -0.2) is 0 Å². The summed E-state index contributed by atoms with van der Waals surface area (Å²) >= 11 is 2.86. The molecule has 1 heterocycles. The van der Waals surface area contributed by atoms with Gasteiger partial charge in [0.1, 0.15) is 6.10 Å². The van der Waals surface area contributed by atoms with Crippen molar-refractivity contribution in [3.8, 4) is 0 Å². The molecular weight excluding hydrogens is 1150 g/mol. The molecule has 3 nitrogen and oxygen atoms in total. The highest BCUT2D eigenvalue weighted by molar-refractivity contribution is 9.10. The highest BCUT2D eigenvalue weighted by Gasteiger charge is 2.97. The minimum Gasteiger partial charge on any atom is -0.375 e. The van der Waals surface area contributed by atoms with Crippen LogP contribution >= 0.6 is 15.9 Å². The van der Waals surface area contributed by atoms with Crippen LogP contribution in [0.15, 0.2) is 28.7 Å². The summed E-state index contributed by atoms with van der Waals surface area (Å²) in [5.74, 6) is -122. The summed E-state index contributed by atoms with van der Waals surface area (Å²) in [4.78, 5) is 0. The molecule has 1 aromatic carbocycles. The first kappa shape index (κ1) is 62.3. The maximum absolute atomic E-state index is 15.0. The van der Waals surface area contributed by atoms with E-state index in [9.17, 15) is 132 Å². The van der Waals surface area contributed by atoms with E-state index in [1.54, 1.807) is 0 Å². The molecule has 0 aromatic heterocycles. The van der Waals surface area contributed by atoms with Crippen LogP contribution in [0.25, 0.3) is 0 Å². The van der Waals surface area contributed by atoms with Crippen molar-refractivity contribution in [3.05, 3.63) is 34.3 Å². The molecule has 2 atom stereocenters. The van der Waals surface area contributed by atoms with Crippen LogP contribution in [0.1, 0.15) is 37.5 Å². The maximum Gasteiger partial charge on any atom is 0.460 e. The Labute approximate surface area is 366 Å². The molecule has 1 aromatic rings. The summed E-state index contributed by atoms with van der Waals surface area (Å²) in [6, 6.07) is 3.97. The number of methoxy groups -OCH3 is 1. The van der Waals surface area contributed by atoms with Crippen molar-refractivity contribution < 1.29 is 163 Å². The second kappa shape index (κ2) is 17.7. The SMILES string of the molecule is COC(CCC(F)(F)C(F)(F)C(F)(F)C(F)(F)C(F)(F)C(F)(F)C(F)(F)C(F)(F)F)(CCC(F)(F)C(F)(F)C(F)(F)C(F)(F)C(F)(F)C(F)(F)C(F)(F)C(F)(F)F)C1COC(c2ccc(Br)cc2)O1. The van der Waals surface area contributed by atoms with E-state index in [0.29, 0.717) is 0 Å². The third-order valence-electron chi connectivity index (χ3n) is 10.1. The quantitative estimate of drug-likeness (QED) is 0.115. The van der Waals surface area contributed by atoms with Crippen LogP contribution in [0, 0.1) is 0 Å². The third kappa shape index (κ3) is 9.10. The van der Waals surface area contributed by atoms with Gasteiger partial charge in [0.2, 0.25) is 0 Å². The van der Waals surface area contributed by atoms with E-state index in [-0.39, 0.29) is 17.1 Å². The minimum absolute atomic E-state index is 0.138. The zero-order valence-electron chi connectivity index (χ0n) is 32.0. The molecule has 406 valence electrons. The van der Waals surface area contributed by atoms with Crippen molar-refractivity contribution in [3.63, 3.8) is 0 Å². The Morgan fingerprint density at radius 3 is 0.928 bits per heavy atom. The molecule has 1 aliphatic rings. The van der Waals surface area contributed by atoms with Crippen molar-refractivity contribution in [2.75, 3.05) is 13.7 Å². The number of hydrogen-bond donors (Lipinski definition) is 0. The number of hydrogen-bond acceptors (Lipinski definition) is 3. The second-order valence-electron chi connectivity index (χ2n) is 14.4. The second-order valence-corrected chi connectivity index (χ2v) is 15.3. The predicted molar refractivity (Wildman–Crippen MR) is 157 cm³/mol. The molecule has 1 fully saturated rings. The lowest BCUT2D eigenvalue weighted by Crippen LogP contribution is -2.74. The van der Waals surface area contributed by atoms with E-state index in [4.69, 9.17) is 9.47 Å². The minimum atomic E-state index is -9.19. The summed E-state index contributed by atoms with van der Waals surface area (Å²) in [7, 11) is -0.138. The van der Waals surface area contributed by atoms with Crippen LogP contribution in [0.5, 0.6) is 0 Å². The van der Waals surface area contributed by atoms with E-state index in [0.717, 1.165) is 24.3 Å². The van der Waals surface area contributed by atoms with Gasteiger partial charge in [0.05, 0.1) is 12.2 Å². The smallest absolute Gasteiger partial charge is 0.375 e. The summed E-state index contributed by atoms with van der Waals surface area (Å²) in [6.45, 7) is -1.59. The Hall–Kier alpha value is -2.80. The molecule has 69 heavy (non-hydrogen) atoms. The van der Waals surface area contributed by atoms with E-state index in [2.05, 4.69) is 20.7 Å². The first-order valence-electron chi connectivity index (χ1n) is 16.9. The van der Waals surface area contributed by atoms with Crippen LogP contribution in [0.2, 0.25) is 0 Å². The molecule has 1 saturated heterocycles. The van der Waals surface area contributed by atoms with Crippen molar-refractivity contribution in [2.45, 2.75) is 139 Å². The Kier molecular flexibility index (Phi) is 16.0. The Balaban J connectivity index is 2.77. The highest BCUT2D eigenvalue weighted by atomic mass is 79.9. The fourth-order valence-corrected chi connectivity index (χ4v) is 5.96. The fraction of sp³-hybridized carbons (Fsp3) is 0.806. The summed E-state index contributed by atoms with van der Waals surface area (Å²) < 4.78 is 486. The standard InChI is InChI=1S/C31H19BrF34O3/c1-67-15(13-10-68-14(69-13)11-2-4-12(32)5-3-11,6-8-16(33,34)18(37,38)20(41,42)22(45,46)24(49,50)26(53,54)28(57,58)30(61,62)63)7-9-17(35,36)19(39,40)21(43,44)23(47,48)25(51,52)27(55,56)29(59,60)31(64,65)66/h2-5,13-14H,6-10H2,1H3. The van der Waals surface area contributed by atoms with Crippen LogP contribution in [0.3, 0.4) is 0 Å². The van der Waals surface area contributed by atoms with Crippen molar-refractivity contribution >= 4 is 15.9 Å². The molecule has 0 amide bonds. The molecule has 0 bridgehead atoms. The molecule has 1 aliphatic heterocycles. The average molecular weight is 1170 g/mol. The van der Waals surface area contributed by atoms with Gasteiger partial charge in [-0.3, -0.25) is 0 Å². The zero-order valence-corrected chi connectivity index (χ0v) is 33.5. The molecule has 0 N–H and O–H groups in total. The lowest BCUT2D eigenvalue weighted by molar-refractivity contribution is -0.462. The molecular formula is C31H19BrF34O3. The molecule has 2 unspecified atom stereocenters. The Morgan fingerprint density at radius 1 is 0.406 bits per heavy atom. The van der Waals surface area contributed by atoms with Gasteiger partial charge in [-0.2, -0.15) is 149 Å². The van der Waals surface area contributed by atoms with Gasteiger partial charge in [-0.1, -0.05) is 28.1 Å². The molecule has 0 aliphatic carbocycles.